The number of rotatable bonds is 8. The van der Waals surface area contributed by atoms with Gasteiger partial charge < -0.3 is 9.64 Å². The van der Waals surface area contributed by atoms with E-state index in [9.17, 15) is 4.79 Å². The van der Waals surface area contributed by atoms with Crippen molar-refractivity contribution in [3.8, 4) is 5.75 Å². The summed E-state index contributed by atoms with van der Waals surface area (Å²) < 4.78 is 7.44. The van der Waals surface area contributed by atoms with E-state index in [0.717, 1.165) is 5.75 Å². The van der Waals surface area contributed by atoms with Gasteiger partial charge in [-0.2, -0.15) is 5.10 Å². The zero-order valence-corrected chi connectivity index (χ0v) is 14.2. The fourth-order valence-corrected chi connectivity index (χ4v) is 2.43. The highest BCUT2D eigenvalue weighted by Crippen LogP contribution is 2.15. The summed E-state index contributed by atoms with van der Waals surface area (Å²) in [6.07, 6.45) is 3.58. The third kappa shape index (κ3) is 5.28. The van der Waals surface area contributed by atoms with Crippen LogP contribution in [0.3, 0.4) is 0 Å². The first kappa shape index (κ1) is 17.3. The van der Waals surface area contributed by atoms with E-state index >= 15 is 0 Å². The van der Waals surface area contributed by atoms with Gasteiger partial charge in [0.25, 0.3) is 0 Å². The Balaban J connectivity index is 1.81. The Morgan fingerprint density at radius 1 is 1.39 bits per heavy atom. The fourth-order valence-electron chi connectivity index (χ4n) is 2.31. The number of amides is 1. The molecule has 23 heavy (non-hydrogen) atoms. The fraction of sp³-hybridized carbons (Fsp3) is 0.412. The van der Waals surface area contributed by atoms with Gasteiger partial charge in [-0.3, -0.25) is 9.48 Å². The lowest BCUT2D eigenvalue weighted by molar-refractivity contribution is -0.135. The number of hydrogen-bond acceptors (Lipinski definition) is 3. The molecular weight excluding hydrogens is 314 g/mol. The van der Waals surface area contributed by atoms with Crippen LogP contribution in [-0.2, 0) is 11.3 Å². The van der Waals surface area contributed by atoms with Gasteiger partial charge in [0.15, 0.2) is 0 Å². The third-order valence-electron chi connectivity index (χ3n) is 3.58. The second-order valence-corrected chi connectivity index (χ2v) is 5.79. The Bertz CT molecular complexity index is 599. The molecule has 0 aliphatic carbocycles. The van der Waals surface area contributed by atoms with E-state index < -0.39 is 0 Å². The van der Waals surface area contributed by atoms with E-state index in [1.165, 1.54) is 0 Å². The average Bonchev–Trinajstić information content (AvgIpc) is 3.05. The van der Waals surface area contributed by atoms with Crippen molar-refractivity contribution in [2.24, 2.45) is 5.92 Å². The topological polar surface area (TPSA) is 47.4 Å². The molecule has 0 saturated heterocycles. The summed E-state index contributed by atoms with van der Waals surface area (Å²) in [4.78, 5) is 14.3. The maximum atomic E-state index is 12.5. The highest BCUT2D eigenvalue weighted by Gasteiger charge is 2.19. The van der Waals surface area contributed by atoms with Crippen molar-refractivity contribution < 1.29 is 9.53 Å². The van der Waals surface area contributed by atoms with Crippen molar-refractivity contribution in [1.29, 1.82) is 0 Å². The number of aromatic nitrogens is 2. The van der Waals surface area contributed by atoms with Gasteiger partial charge in [0, 0.05) is 24.0 Å². The van der Waals surface area contributed by atoms with E-state index in [1.807, 2.05) is 43.1 Å². The molecule has 1 unspecified atom stereocenters. The van der Waals surface area contributed by atoms with E-state index in [0.29, 0.717) is 31.3 Å². The van der Waals surface area contributed by atoms with Gasteiger partial charge in [-0.1, -0.05) is 18.5 Å². The number of halogens is 1. The predicted molar refractivity (Wildman–Crippen MR) is 90.6 cm³/mol. The number of benzene rings is 1. The molecule has 0 spiro atoms. The van der Waals surface area contributed by atoms with Crippen LogP contribution in [0.2, 0.25) is 5.02 Å². The highest BCUT2D eigenvalue weighted by molar-refractivity contribution is 6.30. The highest BCUT2D eigenvalue weighted by atomic mass is 35.5. The van der Waals surface area contributed by atoms with Crippen molar-refractivity contribution in [3.63, 3.8) is 0 Å². The van der Waals surface area contributed by atoms with Gasteiger partial charge in [0.1, 0.15) is 12.4 Å². The van der Waals surface area contributed by atoms with Crippen molar-refractivity contribution in [1.82, 2.24) is 14.7 Å². The number of carbonyl (C=O) groups is 1. The van der Waals surface area contributed by atoms with Gasteiger partial charge in [-0.25, -0.2) is 0 Å². The minimum absolute atomic E-state index is 0.114. The lowest BCUT2D eigenvalue weighted by Crippen LogP contribution is -2.39. The lowest BCUT2D eigenvalue weighted by atomic mass is 10.1. The van der Waals surface area contributed by atoms with Crippen LogP contribution in [0.1, 0.15) is 13.8 Å². The van der Waals surface area contributed by atoms with Crippen LogP contribution in [0, 0.1) is 5.92 Å². The first-order valence-corrected chi connectivity index (χ1v) is 8.12. The van der Waals surface area contributed by atoms with E-state index in [-0.39, 0.29) is 11.8 Å². The molecule has 1 aromatic heterocycles. The monoisotopic (exact) mass is 335 g/mol. The summed E-state index contributed by atoms with van der Waals surface area (Å²) in [5.74, 6) is 0.746. The first-order chi connectivity index (χ1) is 11.1. The third-order valence-corrected chi connectivity index (χ3v) is 3.83. The van der Waals surface area contributed by atoms with Crippen LogP contribution in [0.15, 0.2) is 42.7 Å². The molecule has 6 heteroatoms. The summed E-state index contributed by atoms with van der Waals surface area (Å²) in [5.41, 5.74) is 0. The Hall–Kier alpha value is -2.01. The lowest BCUT2D eigenvalue weighted by Gasteiger charge is -2.24. The SMILES string of the molecule is CCN(CCOc1ccc(Cl)cc1)C(=O)C(C)Cn1cccn1. The summed E-state index contributed by atoms with van der Waals surface area (Å²) in [5, 5.41) is 4.82. The molecule has 0 aliphatic rings. The maximum Gasteiger partial charge on any atom is 0.227 e. The normalized spacial score (nSPS) is 12.0. The smallest absolute Gasteiger partial charge is 0.227 e. The van der Waals surface area contributed by atoms with Gasteiger partial charge in [0.2, 0.25) is 5.91 Å². The summed E-state index contributed by atoms with van der Waals surface area (Å²) >= 11 is 5.84. The number of likely N-dealkylation sites (N-methyl/N-ethyl adjacent to an activating group) is 1. The molecule has 0 saturated carbocycles. The minimum Gasteiger partial charge on any atom is -0.492 e. The average molecular weight is 336 g/mol. The molecular formula is C17H22ClN3O2. The molecule has 0 radical (unpaired) electrons. The van der Waals surface area contributed by atoms with Gasteiger partial charge >= 0.3 is 0 Å². The Kier molecular flexibility index (Phi) is 6.47. The quantitative estimate of drug-likeness (QED) is 0.744. The molecule has 1 amide bonds. The van der Waals surface area contributed by atoms with Gasteiger partial charge in [-0.15, -0.1) is 0 Å². The molecule has 1 heterocycles. The summed E-state index contributed by atoms with van der Waals surface area (Å²) in [6, 6.07) is 9.06. The van der Waals surface area contributed by atoms with Gasteiger partial charge in [0.05, 0.1) is 19.0 Å². The van der Waals surface area contributed by atoms with Crippen molar-refractivity contribution in [3.05, 3.63) is 47.7 Å². The molecule has 0 N–H and O–H groups in total. The molecule has 2 aromatic rings. The van der Waals surface area contributed by atoms with Gasteiger partial charge in [-0.05, 0) is 37.3 Å². The Morgan fingerprint density at radius 2 is 2.13 bits per heavy atom. The summed E-state index contributed by atoms with van der Waals surface area (Å²) in [7, 11) is 0. The number of carbonyl (C=O) groups excluding carboxylic acids is 1. The van der Waals surface area contributed by atoms with Crippen molar-refractivity contribution in [2.45, 2.75) is 20.4 Å². The molecule has 1 atom stereocenters. The second kappa shape index (κ2) is 8.58. The number of nitrogens with zero attached hydrogens (tertiary/aromatic N) is 3. The van der Waals surface area contributed by atoms with E-state index in [2.05, 4.69) is 5.10 Å². The molecule has 0 fully saturated rings. The minimum atomic E-state index is -0.120. The zero-order valence-electron chi connectivity index (χ0n) is 13.5. The van der Waals surface area contributed by atoms with Crippen LogP contribution in [-0.4, -0.2) is 40.3 Å². The molecule has 2 rings (SSSR count). The Labute approximate surface area is 141 Å². The number of ether oxygens (including phenoxy) is 1. The molecule has 1 aromatic carbocycles. The number of hydrogen-bond donors (Lipinski definition) is 0. The van der Waals surface area contributed by atoms with Crippen molar-refractivity contribution in [2.75, 3.05) is 19.7 Å². The zero-order chi connectivity index (χ0) is 16.7. The largest absolute Gasteiger partial charge is 0.492 e. The van der Waals surface area contributed by atoms with Crippen LogP contribution in [0.4, 0.5) is 0 Å². The predicted octanol–water partition coefficient (Wildman–Crippen LogP) is 3.10. The van der Waals surface area contributed by atoms with Crippen molar-refractivity contribution >= 4 is 17.5 Å². The van der Waals surface area contributed by atoms with E-state index in [4.69, 9.17) is 16.3 Å². The van der Waals surface area contributed by atoms with Crippen LogP contribution in [0.25, 0.3) is 0 Å². The van der Waals surface area contributed by atoms with E-state index in [1.54, 1.807) is 23.0 Å². The van der Waals surface area contributed by atoms with Crippen LogP contribution >= 0.6 is 11.6 Å². The van der Waals surface area contributed by atoms with Crippen LogP contribution < -0.4 is 4.74 Å². The molecule has 5 nitrogen and oxygen atoms in total. The molecule has 0 bridgehead atoms. The first-order valence-electron chi connectivity index (χ1n) is 7.74. The Morgan fingerprint density at radius 3 is 2.74 bits per heavy atom. The second-order valence-electron chi connectivity index (χ2n) is 5.35. The van der Waals surface area contributed by atoms with Crippen LogP contribution in [0.5, 0.6) is 5.75 Å². The standard InChI is InChI=1S/C17H22ClN3O2/c1-3-20(11-12-23-16-7-5-15(18)6-8-16)17(22)14(2)13-21-10-4-9-19-21/h4-10,14H,3,11-13H2,1-2H3. The summed E-state index contributed by atoms with van der Waals surface area (Å²) in [6.45, 7) is 6.15. The molecule has 0 aliphatic heterocycles. The molecule has 124 valence electrons. The maximum absolute atomic E-state index is 12.5.